The summed E-state index contributed by atoms with van der Waals surface area (Å²) < 4.78 is 0. The monoisotopic (exact) mass is 276 g/mol. The first-order valence-electron chi connectivity index (χ1n) is 0. The van der Waals surface area contributed by atoms with Gasteiger partial charge in [-0.05, 0) is 0 Å². The number of rotatable bonds is 0. The van der Waals surface area contributed by atoms with Crippen molar-refractivity contribution in [2.45, 2.75) is 0 Å². The topological polar surface area (TPSA) is 0 Å². The Balaban J connectivity index is 0. The molecule has 0 unspecified atom stereocenters. The second kappa shape index (κ2) is 82.3. The van der Waals surface area contributed by atoms with Gasteiger partial charge in [0.1, 0.15) is 0 Å². The Labute approximate surface area is 56.0 Å². The fraction of sp³-hybridized carbons (Fsp3) is 0. The summed E-state index contributed by atoms with van der Waals surface area (Å²) in [6.07, 6.45) is 0. The smallest absolute Gasteiger partial charge is 0 e. The molecule has 0 aromatic heterocycles. The summed E-state index contributed by atoms with van der Waals surface area (Å²) in [5.74, 6) is 0. The van der Waals surface area contributed by atoms with Crippen LogP contribution < -0.4 is 0 Å². The first kappa shape index (κ1) is 155. The van der Waals surface area contributed by atoms with Crippen molar-refractivity contribution in [3.8, 4) is 0 Å². The van der Waals surface area contributed by atoms with Crippen molar-refractivity contribution in [3.63, 3.8) is 0 Å². The average molecular weight is 277 g/mol. The first-order chi connectivity index (χ1) is 0. The number of halogens is 1. The number of hydrogen-bond donors (Lipinski definition) is 0. The van der Waals surface area contributed by atoms with E-state index in [-0.39, 0.29) is 55.8 Å². The Morgan fingerprint density at radius 3 is 0.600 bits per heavy atom. The van der Waals surface area contributed by atoms with E-state index >= 15 is 0 Å². The van der Waals surface area contributed by atoms with Gasteiger partial charge in [-0.3, -0.25) is 0 Å². The molecule has 0 aliphatic heterocycles. The summed E-state index contributed by atoms with van der Waals surface area (Å²) in [5.41, 5.74) is 0. The fourth-order valence-electron chi connectivity index (χ4n) is 0. The molecule has 0 radical (unpaired) electrons. The third kappa shape index (κ3) is 46.1. The second-order valence-corrected chi connectivity index (χ2v) is 0. The molecule has 0 aliphatic rings. The molecule has 0 saturated heterocycles. The molecule has 0 fully saturated rings. The van der Waals surface area contributed by atoms with Gasteiger partial charge in [-0.1, -0.05) is 0 Å². The van der Waals surface area contributed by atoms with Gasteiger partial charge in [-0.25, -0.2) is 0 Å². The van der Waals surface area contributed by atoms with E-state index in [2.05, 4.69) is 0 Å². The zero-order chi connectivity index (χ0) is 0. The van der Waals surface area contributed by atoms with Gasteiger partial charge < -0.3 is 22.3 Å². The third-order valence-electron chi connectivity index (χ3n) is 0. The van der Waals surface area contributed by atoms with Crippen molar-refractivity contribution in [1.82, 2.24) is 0 Å². The quantitative estimate of drug-likeness (QED) is 0.592. The van der Waals surface area contributed by atoms with E-state index in [9.17, 15) is 0 Å². The molecule has 0 N–H and O–H groups in total. The Kier molecular flexibility index (Phi) is 2550. The van der Waals surface area contributed by atoms with Gasteiger partial charge in [0, 0.05) is 21.1 Å². The summed E-state index contributed by atoms with van der Waals surface area (Å²) in [7, 11) is 0. The third-order valence-corrected chi connectivity index (χ3v) is 0. The molecule has 0 rings (SSSR count). The van der Waals surface area contributed by atoms with Gasteiger partial charge in [0.2, 0.25) is 0 Å². The SMILES string of the molecule is Cl.[CH3-].[CH3-].[CH3-].[Pt]. The molecular weight excluding hydrogens is 267 g/mol. The summed E-state index contributed by atoms with van der Waals surface area (Å²) in [4.78, 5) is 0. The van der Waals surface area contributed by atoms with Crippen LogP contribution in [0, 0.1) is 22.3 Å². The molecule has 0 amide bonds. The normalized spacial score (nSPS) is 0. The molecule has 42 valence electrons. The Morgan fingerprint density at radius 2 is 0.600 bits per heavy atom. The van der Waals surface area contributed by atoms with Gasteiger partial charge in [-0.15, -0.1) is 12.4 Å². The van der Waals surface area contributed by atoms with Gasteiger partial charge in [0.25, 0.3) is 0 Å². The zero-order valence-electron chi connectivity index (χ0n) is 3.72. The molecule has 2 heteroatoms. The van der Waals surface area contributed by atoms with E-state index in [1.807, 2.05) is 0 Å². The van der Waals surface area contributed by atoms with Crippen LogP contribution in [0.3, 0.4) is 0 Å². The molecule has 0 nitrogen and oxygen atoms in total. The standard InChI is InChI=1S/3CH3.ClH.Pt/h3*1H3;1H;/q3*-1;;. The van der Waals surface area contributed by atoms with Crippen LogP contribution in [-0.2, 0) is 21.1 Å². The van der Waals surface area contributed by atoms with Crippen LogP contribution in [0.25, 0.3) is 0 Å². The predicted octanol–water partition coefficient (Wildman–Crippen LogP) is 1.77. The van der Waals surface area contributed by atoms with Gasteiger partial charge >= 0.3 is 0 Å². The van der Waals surface area contributed by atoms with Crippen molar-refractivity contribution >= 4 is 12.4 Å². The molecule has 0 atom stereocenters. The van der Waals surface area contributed by atoms with E-state index in [4.69, 9.17) is 0 Å². The molecular formula is C3H10ClPt-3. The van der Waals surface area contributed by atoms with Crippen molar-refractivity contribution in [2.75, 3.05) is 0 Å². The molecule has 0 bridgehead atoms. The van der Waals surface area contributed by atoms with E-state index in [1.165, 1.54) is 0 Å². The van der Waals surface area contributed by atoms with Crippen LogP contribution in [0.5, 0.6) is 0 Å². The maximum atomic E-state index is 0. The van der Waals surface area contributed by atoms with Crippen LogP contribution >= 0.6 is 12.4 Å². The summed E-state index contributed by atoms with van der Waals surface area (Å²) in [5, 5.41) is 0. The summed E-state index contributed by atoms with van der Waals surface area (Å²) in [6, 6.07) is 0. The molecule has 0 heterocycles. The van der Waals surface area contributed by atoms with Crippen molar-refractivity contribution < 1.29 is 21.1 Å². The Hall–Kier alpha value is 0.978. The van der Waals surface area contributed by atoms with Crippen LogP contribution in [0.15, 0.2) is 0 Å². The van der Waals surface area contributed by atoms with Gasteiger partial charge in [-0.2, -0.15) is 0 Å². The van der Waals surface area contributed by atoms with Crippen LogP contribution in [0.4, 0.5) is 0 Å². The minimum Gasteiger partial charge on any atom is -0.358 e. The predicted molar refractivity (Wildman–Crippen MR) is 26.5 cm³/mol. The van der Waals surface area contributed by atoms with E-state index < -0.39 is 0 Å². The summed E-state index contributed by atoms with van der Waals surface area (Å²) in [6.45, 7) is 0. The molecule has 5 heavy (non-hydrogen) atoms. The van der Waals surface area contributed by atoms with E-state index in [0.717, 1.165) is 0 Å². The first-order valence-corrected chi connectivity index (χ1v) is 0. The molecule has 0 aromatic rings. The molecule has 0 aliphatic carbocycles. The van der Waals surface area contributed by atoms with E-state index in [1.54, 1.807) is 0 Å². The number of hydrogen-bond acceptors (Lipinski definition) is 0. The van der Waals surface area contributed by atoms with Crippen molar-refractivity contribution in [1.29, 1.82) is 0 Å². The minimum absolute atomic E-state index is 0. The van der Waals surface area contributed by atoms with Crippen molar-refractivity contribution in [3.05, 3.63) is 22.3 Å². The summed E-state index contributed by atoms with van der Waals surface area (Å²) >= 11 is 0. The van der Waals surface area contributed by atoms with Crippen molar-refractivity contribution in [2.24, 2.45) is 0 Å². The van der Waals surface area contributed by atoms with Crippen LogP contribution in [0.1, 0.15) is 0 Å². The van der Waals surface area contributed by atoms with Crippen LogP contribution in [0.2, 0.25) is 0 Å². The maximum absolute atomic E-state index is 0. The average Bonchev–Trinajstić information content (AvgIpc) is 0. The van der Waals surface area contributed by atoms with E-state index in [0.29, 0.717) is 0 Å². The van der Waals surface area contributed by atoms with Gasteiger partial charge in [0.05, 0.1) is 0 Å². The fourth-order valence-corrected chi connectivity index (χ4v) is 0. The van der Waals surface area contributed by atoms with Gasteiger partial charge in [0.15, 0.2) is 0 Å². The Morgan fingerprint density at radius 1 is 0.600 bits per heavy atom. The molecule has 0 spiro atoms. The second-order valence-electron chi connectivity index (χ2n) is 0. The van der Waals surface area contributed by atoms with Crippen LogP contribution in [-0.4, -0.2) is 0 Å². The maximum Gasteiger partial charge on any atom is 0 e. The molecule has 0 aromatic carbocycles. The molecule has 0 saturated carbocycles. The Bertz CT molecular complexity index is 6.85. The zero-order valence-corrected chi connectivity index (χ0v) is 6.81. The minimum atomic E-state index is 0. The largest absolute Gasteiger partial charge is 0.358 e.